The number of rotatable bonds is 11. The number of carboxylic acids is 1. The molecule has 0 spiro atoms. The Balaban J connectivity index is 2.28. The summed E-state index contributed by atoms with van der Waals surface area (Å²) in [5, 5.41) is 22.3. The summed E-state index contributed by atoms with van der Waals surface area (Å²) >= 11 is 1.35. The summed E-state index contributed by atoms with van der Waals surface area (Å²) in [5.74, 6) is -3.16. The number of carbonyl (C=O) groups excluding carboxylic acids is 3. The van der Waals surface area contributed by atoms with Gasteiger partial charge >= 0.3 is 17.8 Å². The number of benzene rings is 2. The SMILES string of the molecule is CCOC(=O)NC(=N)c1ccc(C(=O)NC(Oc2ccccc2)(C(=O)O)C(=O)CCSC)cc1. The molecule has 1 atom stereocenters. The summed E-state index contributed by atoms with van der Waals surface area (Å²) in [4.78, 5) is 49.6. The highest BCUT2D eigenvalue weighted by Gasteiger charge is 2.50. The van der Waals surface area contributed by atoms with E-state index in [1.165, 1.54) is 48.2 Å². The van der Waals surface area contributed by atoms with E-state index in [9.17, 15) is 24.3 Å². The van der Waals surface area contributed by atoms with E-state index < -0.39 is 29.5 Å². The Morgan fingerprint density at radius 3 is 2.21 bits per heavy atom. The van der Waals surface area contributed by atoms with Gasteiger partial charge in [0.05, 0.1) is 6.61 Å². The minimum atomic E-state index is -2.63. The lowest BCUT2D eigenvalue weighted by Gasteiger charge is -2.29. The van der Waals surface area contributed by atoms with Crippen LogP contribution >= 0.6 is 11.8 Å². The fourth-order valence-electron chi connectivity index (χ4n) is 2.77. The average molecular weight is 488 g/mol. The Bertz CT molecular complexity index is 1040. The van der Waals surface area contributed by atoms with Gasteiger partial charge in [-0.3, -0.25) is 25.6 Å². The molecule has 2 rings (SSSR count). The molecule has 1 unspecified atom stereocenters. The molecule has 180 valence electrons. The molecule has 4 N–H and O–H groups in total. The molecule has 0 aromatic heterocycles. The zero-order valence-electron chi connectivity index (χ0n) is 18.6. The van der Waals surface area contributed by atoms with Crippen molar-refractivity contribution < 1.29 is 33.8 Å². The Morgan fingerprint density at radius 2 is 1.65 bits per heavy atom. The standard InChI is InChI=1S/C23H25N3O7S/c1-3-32-22(31)25-19(24)15-9-11-16(12-10-15)20(28)26-23(21(29)30,18(27)13-14-34-2)33-17-7-5-4-6-8-17/h4-12H,3,13-14H2,1-2H3,(H,26,28)(H,29,30)(H2,24,25,31). The fraction of sp³-hybridized carbons (Fsp3) is 0.261. The second-order valence-electron chi connectivity index (χ2n) is 6.82. The van der Waals surface area contributed by atoms with Crippen molar-refractivity contribution in [2.24, 2.45) is 0 Å². The number of nitrogens with one attached hydrogen (secondary N) is 3. The van der Waals surface area contributed by atoms with Gasteiger partial charge in [-0.25, -0.2) is 9.59 Å². The van der Waals surface area contributed by atoms with E-state index in [0.29, 0.717) is 5.75 Å². The van der Waals surface area contributed by atoms with Crippen molar-refractivity contribution in [1.29, 1.82) is 5.41 Å². The molecular formula is C23H25N3O7S. The van der Waals surface area contributed by atoms with Crippen molar-refractivity contribution >= 4 is 41.4 Å². The smallest absolute Gasteiger partial charge is 0.412 e. The molecule has 34 heavy (non-hydrogen) atoms. The van der Waals surface area contributed by atoms with Crippen molar-refractivity contribution in [1.82, 2.24) is 10.6 Å². The zero-order valence-corrected chi connectivity index (χ0v) is 19.4. The van der Waals surface area contributed by atoms with Crippen LogP contribution in [-0.4, -0.2) is 59.0 Å². The largest absolute Gasteiger partial charge is 0.476 e. The Hall–Kier alpha value is -3.86. The molecule has 0 radical (unpaired) electrons. The van der Waals surface area contributed by atoms with E-state index in [1.807, 2.05) is 0 Å². The number of carbonyl (C=O) groups is 4. The molecule has 2 aromatic carbocycles. The van der Waals surface area contributed by atoms with Crippen molar-refractivity contribution in [3.05, 3.63) is 65.7 Å². The second-order valence-corrected chi connectivity index (χ2v) is 7.80. The summed E-state index contributed by atoms with van der Waals surface area (Å²) in [6.45, 7) is 1.77. The van der Waals surface area contributed by atoms with Crippen LogP contribution in [-0.2, 0) is 14.3 Å². The predicted molar refractivity (Wildman–Crippen MR) is 126 cm³/mol. The maximum absolute atomic E-state index is 12.9. The topological polar surface area (TPSA) is 155 Å². The molecule has 2 amide bonds. The third kappa shape index (κ3) is 6.82. The quantitative estimate of drug-likeness (QED) is 0.163. The van der Waals surface area contributed by atoms with Gasteiger partial charge in [0.15, 0.2) is 0 Å². The van der Waals surface area contributed by atoms with E-state index >= 15 is 0 Å². The summed E-state index contributed by atoms with van der Waals surface area (Å²) < 4.78 is 10.3. The lowest BCUT2D eigenvalue weighted by molar-refractivity contribution is -0.164. The minimum absolute atomic E-state index is 0.0210. The average Bonchev–Trinajstić information content (AvgIpc) is 2.82. The van der Waals surface area contributed by atoms with E-state index in [4.69, 9.17) is 14.9 Å². The van der Waals surface area contributed by atoms with Crippen LogP contribution in [0.3, 0.4) is 0 Å². The number of ether oxygens (including phenoxy) is 2. The van der Waals surface area contributed by atoms with Crippen molar-refractivity contribution in [2.45, 2.75) is 19.1 Å². The predicted octanol–water partition coefficient (Wildman–Crippen LogP) is 2.67. The first kappa shape index (κ1) is 26.4. The highest BCUT2D eigenvalue weighted by molar-refractivity contribution is 7.98. The lowest BCUT2D eigenvalue weighted by atomic mass is 10.0. The second kappa shape index (κ2) is 12.4. The Kier molecular flexibility index (Phi) is 9.62. The molecule has 2 aromatic rings. The van der Waals surface area contributed by atoms with E-state index in [1.54, 1.807) is 31.4 Å². The maximum Gasteiger partial charge on any atom is 0.412 e. The number of thioether (sulfide) groups is 1. The number of alkyl carbamates (subject to hydrolysis) is 1. The number of para-hydroxylation sites is 1. The van der Waals surface area contributed by atoms with E-state index in [2.05, 4.69) is 10.6 Å². The maximum atomic E-state index is 12.9. The van der Waals surface area contributed by atoms with Crippen molar-refractivity contribution in [2.75, 3.05) is 18.6 Å². The minimum Gasteiger partial charge on any atom is -0.476 e. The van der Waals surface area contributed by atoms with Gasteiger partial charge in [-0.1, -0.05) is 30.3 Å². The van der Waals surface area contributed by atoms with Gasteiger partial charge in [-0.2, -0.15) is 11.8 Å². The molecule has 0 heterocycles. The number of amidine groups is 1. The van der Waals surface area contributed by atoms with Gasteiger partial charge in [0.2, 0.25) is 5.78 Å². The van der Waals surface area contributed by atoms with Crippen LogP contribution in [0.4, 0.5) is 4.79 Å². The van der Waals surface area contributed by atoms with Gasteiger partial charge < -0.3 is 14.6 Å². The molecule has 11 heteroatoms. The summed E-state index contributed by atoms with van der Waals surface area (Å²) in [5.41, 5.74) is -2.33. The zero-order chi connectivity index (χ0) is 25.1. The Morgan fingerprint density at radius 1 is 1.03 bits per heavy atom. The first-order chi connectivity index (χ1) is 16.2. The summed E-state index contributed by atoms with van der Waals surface area (Å²) in [7, 11) is 0. The highest BCUT2D eigenvalue weighted by atomic mass is 32.2. The highest BCUT2D eigenvalue weighted by Crippen LogP contribution is 2.21. The molecule has 0 saturated heterocycles. The fourth-order valence-corrected chi connectivity index (χ4v) is 3.16. The molecule has 10 nitrogen and oxygen atoms in total. The van der Waals surface area contributed by atoms with E-state index in [-0.39, 0.29) is 35.7 Å². The van der Waals surface area contributed by atoms with Crippen LogP contribution in [0.5, 0.6) is 5.75 Å². The first-order valence-corrected chi connectivity index (χ1v) is 11.6. The number of carboxylic acid groups (broad SMARTS) is 1. The van der Waals surface area contributed by atoms with Crippen molar-refractivity contribution in [3.63, 3.8) is 0 Å². The lowest BCUT2D eigenvalue weighted by Crippen LogP contribution is -2.64. The van der Waals surface area contributed by atoms with Crippen molar-refractivity contribution in [3.8, 4) is 5.75 Å². The first-order valence-electron chi connectivity index (χ1n) is 10.2. The number of hydrogen-bond donors (Lipinski definition) is 4. The molecule has 0 aliphatic carbocycles. The third-order valence-electron chi connectivity index (χ3n) is 4.47. The molecule has 0 bridgehead atoms. The number of aliphatic carboxylic acids is 1. The van der Waals surface area contributed by atoms with Gasteiger partial charge in [0.25, 0.3) is 5.91 Å². The van der Waals surface area contributed by atoms with Gasteiger partial charge in [-0.05, 0) is 37.4 Å². The molecule has 0 fully saturated rings. The van der Waals surface area contributed by atoms with Crippen LogP contribution in [0.2, 0.25) is 0 Å². The number of amides is 2. The third-order valence-corrected chi connectivity index (χ3v) is 5.08. The van der Waals surface area contributed by atoms with Crippen LogP contribution < -0.4 is 15.4 Å². The molecule has 0 aliphatic rings. The molecule has 0 saturated carbocycles. The van der Waals surface area contributed by atoms with Gasteiger partial charge in [-0.15, -0.1) is 0 Å². The van der Waals surface area contributed by atoms with Gasteiger partial charge in [0.1, 0.15) is 11.6 Å². The van der Waals surface area contributed by atoms with Crippen LogP contribution in [0.25, 0.3) is 0 Å². The van der Waals surface area contributed by atoms with E-state index in [0.717, 1.165) is 0 Å². The van der Waals surface area contributed by atoms with Crippen LogP contribution in [0.15, 0.2) is 54.6 Å². The Labute approximate surface area is 200 Å². The van der Waals surface area contributed by atoms with Crippen LogP contribution in [0, 0.1) is 5.41 Å². The van der Waals surface area contributed by atoms with Gasteiger partial charge in [0, 0.05) is 23.3 Å². The number of hydrogen-bond acceptors (Lipinski definition) is 8. The monoisotopic (exact) mass is 487 g/mol. The number of ketones is 1. The molecular weight excluding hydrogens is 462 g/mol. The summed E-state index contributed by atoms with van der Waals surface area (Å²) in [6.07, 6.45) is 0.834. The normalized spacial score (nSPS) is 12.1. The summed E-state index contributed by atoms with van der Waals surface area (Å²) in [6, 6.07) is 13.3. The van der Waals surface area contributed by atoms with Crippen LogP contribution in [0.1, 0.15) is 29.3 Å². The molecule has 0 aliphatic heterocycles. The number of Topliss-reactive ketones (excluding diaryl/α,β-unsaturated/α-hetero) is 1.